The predicted octanol–water partition coefficient (Wildman–Crippen LogP) is 4.36. The maximum absolute atomic E-state index is 13.4. The lowest BCUT2D eigenvalue weighted by molar-refractivity contribution is -0.139. The van der Waals surface area contributed by atoms with Gasteiger partial charge in [0.05, 0.1) is 16.5 Å². The summed E-state index contributed by atoms with van der Waals surface area (Å²) in [6, 6.07) is 10.9. The van der Waals surface area contributed by atoms with Crippen LogP contribution in [0.4, 0.5) is 13.2 Å². The Balaban J connectivity index is 1.87. The molecule has 2 aromatic heterocycles. The molecule has 0 spiro atoms. The van der Waals surface area contributed by atoms with Crippen LogP contribution in [0.1, 0.15) is 22.2 Å². The van der Waals surface area contributed by atoms with Gasteiger partial charge in [-0.1, -0.05) is 18.2 Å². The van der Waals surface area contributed by atoms with Gasteiger partial charge in [0.15, 0.2) is 0 Å². The molecule has 0 saturated carbocycles. The van der Waals surface area contributed by atoms with Gasteiger partial charge in [0.1, 0.15) is 0 Å². The molecule has 1 atom stereocenters. The number of rotatable bonds is 3. The molecule has 0 bridgehead atoms. The minimum Gasteiger partial charge on any atom is -0.348 e. The van der Waals surface area contributed by atoms with Crippen LogP contribution in [0.25, 0.3) is 0 Å². The molecule has 27 heavy (non-hydrogen) atoms. The van der Waals surface area contributed by atoms with E-state index in [4.69, 9.17) is 0 Å². The molecular weight excluding hydrogens is 397 g/mol. The van der Waals surface area contributed by atoms with Gasteiger partial charge in [0.2, 0.25) is 10.0 Å². The quantitative estimate of drug-likeness (QED) is 0.641. The van der Waals surface area contributed by atoms with Crippen LogP contribution in [0, 0.1) is 0 Å². The lowest BCUT2D eigenvalue weighted by Gasteiger charge is -2.36. The fraction of sp³-hybridized carbons (Fsp3) is 0.222. The summed E-state index contributed by atoms with van der Waals surface area (Å²) >= 11 is 1.38. The Hall–Kier alpha value is -2.10. The summed E-state index contributed by atoms with van der Waals surface area (Å²) in [5.74, 6) is 0. The summed E-state index contributed by atoms with van der Waals surface area (Å²) in [6.07, 6.45) is -2.90. The van der Waals surface area contributed by atoms with E-state index in [1.54, 1.807) is 12.1 Å². The number of benzene rings is 1. The van der Waals surface area contributed by atoms with E-state index in [1.807, 2.05) is 28.3 Å². The molecule has 1 unspecified atom stereocenters. The van der Waals surface area contributed by atoms with Crippen LogP contribution in [-0.2, 0) is 22.7 Å². The summed E-state index contributed by atoms with van der Waals surface area (Å²) in [5, 5.41) is 1.83. The van der Waals surface area contributed by atoms with Crippen LogP contribution in [-0.4, -0.2) is 23.8 Å². The third kappa shape index (κ3) is 3.09. The highest BCUT2D eigenvalue weighted by molar-refractivity contribution is 7.89. The summed E-state index contributed by atoms with van der Waals surface area (Å²) in [7, 11) is -4.36. The van der Waals surface area contributed by atoms with E-state index >= 15 is 0 Å². The Labute approximate surface area is 158 Å². The second-order valence-electron chi connectivity index (χ2n) is 6.15. The number of aromatic nitrogens is 1. The van der Waals surface area contributed by atoms with Crippen LogP contribution >= 0.6 is 11.3 Å². The van der Waals surface area contributed by atoms with Crippen molar-refractivity contribution in [3.63, 3.8) is 0 Å². The summed E-state index contributed by atoms with van der Waals surface area (Å²) in [6.45, 7) is 0.483. The third-order valence-electron chi connectivity index (χ3n) is 4.59. The van der Waals surface area contributed by atoms with Gasteiger partial charge in [-0.25, -0.2) is 8.42 Å². The molecule has 0 saturated heterocycles. The maximum atomic E-state index is 13.4. The first-order chi connectivity index (χ1) is 12.8. The number of sulfonamides is 1. The molecule has 3 aromatic rings. The topological polar surface area (TPSA) is 42.3 Å². The highest BCUT2D eigenvalue weighted by Gasteiger charge is 2.43. The molecular formula is C18H15F3N2O2S2. The Morgan fingerprint density at radius 1 is 1.00 bits per heavy atom. The van der Waals surface area contributed by atoms with E-state index in [1.165, 1.54) is 27.8 Å². The van der Waals surface area contributed by atoms with E-state index in [9.17, 15) is 21.6 Å². The lowest BCUT2D eigenvalue weighted by atomic mass is 10.1. The standard InChI is InChI=1S/C18H15F3N2O2S2/c19-18(20,21)13-5-1-2-8-16(13)27(24,25)23-11-10-22-9-3-6-14(22)17(23)15-7-4-12-26-15/h1-9,12,17H,10-11H2. The SMILES string of the molecule is O=S(=O)(c1ccccc1C(F)(F)F)N1CCn2cccc2C1c1cccs1. The van der Waals surface area contributed by atoms with Gasteiger partial charge >= 0.3 is 6.18 Å². The van der Waals surface area contributed by atoms with Gasteiger partial charge in [-0.05, 0) is 35.7 Å². The summed E-state index contributed by atoms with van der Waals surface area (Å²) < 4.78 is 70.0. The molecule has 3 heterocycles. The van der Waals surface area contributed by atoms with Crippen LogP contribution in [0.15, 0.2) is 65.0 Å². The van der Waals surface area contributed by atoms with Crippen molar-refractivity contribution in [2.45, 2.75) is 23.7 Å². The summed E-state index contributed by atoms with van der Waals surface area (Å²) in [5.41, 5.74) is -0.396. The van der Waals surface area contributed by atoms with Gasteiger partial charge < -0.3 is 4.57 Å². The highest BCUT2D eigenvalue weighted by atomic mass is 32.2. The van der Waals surface area contributed by atoms with Crippen LogP contribution in [0.2, 0.25) is 0 Å². The number of fused-ring (bicyclic) bond motifs is 1. The van der Waals surface area contributed by atoms with Crippen molar-refractivity contribution in [3.05, 3.63) is 76.2 Å². The molecule has 0 N–H and O–H groups in total. The second kappa shape index (κ2) is 6.50. The molecule has 4 rings (SSSR count). The van der Waals surface area contributed by atoms with Crippen molar-refractivity contribution in [2.24, 2.45) is 0 Å². The van der Waals surface area contributed by atoms with E-state index in [-0.39, 0.29) is 6.54 Å². The van der Waals surface area contributed by atoms with E-state index in [0.29, 0.717) is 6.54 Å². The van der Waals surface area contributed by atoms with Gasteiger partial charge in [0, 0.05) is 29.9 Å². The smallest absolute Gasteiger partial charge is 0.348 e. The number of nitrogens with zero attached hydrogens (tertiary/aromatic N) is 2. The maximum Gasteiger partial charge on any atom is 0.417 e. The van der Waals surface area contributed by atoms with Crippen LogP contribution in [0.5, 0.6) is 0 Å². The lowest BCUT2D eigenvalue weighted by Crippen LogP contribution is -2.42. The monoisotopic (exact) mass is 412 g/mol. The Morgan fingerprint density at radius 2 is 1.78 bits per heavy atom. The molecule has 142 valence electrons. The van der Waals surface area contributed by atoms with Crippen LogP contribution in [0.3, 0.4) is 0 Å². The molecule has 1 aromatic carbocycles. The molecule has 1 aliphatic rings. The minimum absolute atomic E-state index is 0.0960. The predicted molar refractivity (Wildman–Crippen MR) is 95.9 cm³/mol. The van der Waals surface area contributed by atoms with Crippen molar-refractivity contribution >= 4 is 21.4 Å². The third-order valence-corrected chi connectivity index (χ3v) is 7.43. The fourth-order valence-corrected chi connectivity index (χ4v) is 6.11. The zero-order chi connectivity index (χ0) is 19.2. The average molecular weight is 412 g/mol. The van der Waals surface area contributed by atoms with Gasteiger partial charge in [-0.15, -0.1) is 11.3 Å². The van der Waals surface area contributed by atoms with Crippen molar-refractivity contribution in [1.82, 2.24) is 8.87 Å². The molecule has 0 radical (unpaired) electrons. The van der Waals surface area contributed by atoms with Crippen molar-refractivity contribution < 1.29 is 21.6 Å². The highest BCUT2D eigenvalue weighted by Crippen LogP contribution is 2.41. The number of hydrogen-bond acceptors (Lipinski definition) is 3. The van der Waals surface area contributed by atoms with Gasteiger partial charge in [0.25, 0.3) is 0 Å². The van der Waals surface area contributed by atoms with E-state index in [2.05, 4.69) is 0 Å². The molecule has 9 heteroatoms. The zero-order valence-corrected chi connectivity index (χ0v) is 15.6. The molecule has 0 aliphatic carbocycles. The average Bonchev–Trinajstić information content (AvgIpc) is 3.31. The first-order valence-corrected chi connectivity index (χ1v) is 10.5. The number of thiophene rings is 1. The fourth-order valence-electron chi connectivity index (χ4n) is 3.41. The van der Waals surface area contributed by atoms with E-state index in [0.717, 1.165) is 22.7 Å². The minimum atomic E-state index is -4.75. The van der Waals surface area contributed by atoms with Gasteiger partial charge in [-0.3, -0.25) is 0 Å². The molecule has 0 fully saturated rings. The normalized spacial score (nSPS) is 18.4. The largest absolute Gasteiger partial charge is 0.417 e. The number of hydrogen-bond donors (Lipinski definition) is 0. The molecule has 4 nitrogen and oxygen atoms in total. The first kappa shape index (κ1) is 18.3. The van der Waals surface area contributed by atoms with Crippen molar-refractivity contribution in [3.8, 4) is 0 Å². The van der Waals surface area contributed by atoms with Crippen molar-refractivity contribution in [2.75, 3.05) is 6.54 Å². The Morgan fingerprint density at radius 3 is 2.48 bits per heavy atom. The second-order valence-corrected chi connectivity index (χ2v) is 8.99. The van der Waals surface area contributed by atoms with Gasteiger partial charge in [-0.2, -0.15) is 17.5 Å². The number of halogens is 3. The first-order valence-electron chi connectivity index (χ1n) is 8.16. The Bertz CT molecular complexity index is 1060. The molecule has 0 amide bonds. The molecule has 1 aliphatic heterocycles. The zero-order valence-electron chi connectivity index (χ0n) is 13.9. The van der Waals surface area contributed by atoms with Crippen LogP contribution < -0.4 is 0 Å². The summed E-state index contributed by atoms with van der Waals surface area (Å²) in [4.78, 5) is 0.0572. The Kier molecular flexibility index (Phi) is 4.40. The number of alkyl halides is 3. The van der Waals surface area contributed by atoms with Crippen molar-refractivity contribution in [1.29, 1.82) is 0 Å². The van der Waals surface area contributed by atoms with E-state index < -0.39 is 32.7 Å².